The predicted octanol–water partition coefficient (Wildman–Crippen LogP) is 4.69. The summed E-state index contributed by atoms with van der Waals surface area (Å²) in [5.74, 6) is -0.357. The number of para-hydroxylation sites is 1. The van der Waals surface area contributed by atoms with Gasteiger partial charge in [-0.05, 0) is 48.5 Å². The van der Waals surface area contributed by atoms with E-state index in [0.29, 0.717) is 10.4 Å². The summed E-state index contributed by atoms with van der Waals surface area (Å²) in [6.45, 7) is -4.82. The Labute approximate surface area is 182 Å². The van der Waals surface area contributed by atoms with E-state index in [-0.39, 0.29) is 39.0 Å². The van der Waals surface area contributed by atoms with Gasteiger partial charge >= 0.3 is 17.5 Å². The largest absolute Gasteiger partial charge is 0.505 e. The van der Waals surface area contributed by atoms with Crippen LogP contribution >= 0.6 is 18.4 Å². The zero-order valence-electron chi connectivity index (χ0n) is 15.4. The molecule has 4 rings (SSSR count). The predicted molar refractivity (Wildman–Crippen MR) is 115 cm³/mol. The molecule has 0 fully saturated rings. The van der Waals surface area contributed by atoms with E-state index in [1.165, 1.54) is 36.4 Å². The second-order valence-corrected chi connectivity index (χ2v) is 10.6. The van der Waals surface area contributed by atoms with Gasteiger partial charge in [-0.2, -0.15) is 5.26 Å². The van der Waals surface area contributed by atoms with Crippen LogP contribution in [0.1, 0.15) is 5.56 Å². The van der Waals surface area contributed by atoms with Crippen molar-refractivity contribution in [2.24, 2.45) is 0 Å². The average Bonchev–Trinajstić information content (AvgIpc) is 2.75. The summed E-state index contributed by atoms with van der Waals surface area (Å²) in [6.07, 6.45) is 0. The van der Waals surface area contributed by atoms with Crippen molar-refractivity contribution in [2.45, 2.75) is 0 Å². The normalized spacial score (nSPS) is 14.0. The monoisotopic (exact) mass is 475 g/mol. The molecule has 31 heavy (non-hydrogen) atoms. The number of nitrogens with zero attached hydrogens (tertiary/aromatic N) is 1. The van der Waals surface area contributed by atoms with Crippen molar-refractivity contribution >= 4 is 51.0 Å². The molecule has 0 saturated heterocycles. The molecule has 8 nitrogen and oxygen atoms in total. The molecule has 2 atom stereocenters. The lowest BCUT2D eigenvalue weighted by atomic mass is 10.1. The second kappa shape index (κ2) is 8.17. The van der Waals surface area contributed by atoms with Crippen LogP contribution in [-0.2, 0) is 15.3 Å². The number of rotatable bonds is 5. The van der Waals surface area contributed by atoms with E-state index in [2.05, 4.69) is 0 Å². The van der Waals surface area contributed by atoms with Crippen molar-refractivity contribution in [3.05, 3.63) is 81.5 Å². The van der Waals surface area contributed by atoms with Crippen LogP contribution in [0.4, 0.5) is 0 Å². The van der Waals surface area contributed by atoms with Gasteiger partial charge in [0, 0.05) is 5.02 Å². The van der Waals surface area contributed by atoms with Gasteiger partial charge in [0.25, 0.3) is 0 Å². The maximum atomic E-state index is 12.7. The van der Waals surface area contributed by atoms with Crippen LogP contribution in [0.25, 0.3) is 21.9 Å². The lowest BCUT2D eigenvalue weighted by Crippen LogP contribution is -2.08. The van der Waals surface area contributed by atoms with Crippen molar-refractivity contribution in [3.63, 3.8) is 0 Å². The van der Waals surface area contributed by atoms with Gasteiger partial charge in [0.05, 0.1) is 10.8 Å². The van der Waals surface area contributed by atoms with Gasteiger partial charge in [0.1, 0.15) is 23.0 Å². The van der Waals surface area contributed by atoms with Gasteiger partial charge in [-0.25, -0.2) is 8.77 Å². The third-order valence-electron chi connectivity index (χ3n) is 4.20. The van der Waals surface area contributed by atoms with Crippen LogP contribution in [0.5, 0.6) is 11.5 Å². The number of hydrogen-bond acceptors (Lipinski definition) is 7. The van der Waals surface area contributed by atoms with E-state index in [1.807, 2.05) is 6.07 Å². The maximum Gasteiger partial charge on any atom is 0.505 e. The topological polar surface area (TPSA) is 127 Å². The third kappa shape index (κ3) is 4.07. The number of benzene rings is 3. The Bertz CT molecular complexity index is 1490. The second-order valence-electron chi connectivity index (χ2n) is 6.17. The van der Waals surface area contributed by atoms with Gasteiger partial charge in [-0.1, -0.05) is 23.7 Å². The van der Waals surface area contributed by atoms with Crippen molar-refractivity contribution < 1.29 is 26.8 Å². The molecule has 156 valence electrons. The molecule has 11 heteroatoms. The highest BCUT2D eigenvalue weighted by Crippen LogP contribution is 2.48. The fourth-order valence-corrected chi connectivity index (χ4v) is 4.73. The first-order valence-corrected chi connectivity index (χ1v) is 12.2. The number of nitriles is 1. The Balaban J connectivity index is 1.72. The van der Waals surface area contributed by atoms with Crippen molar-refractivity contribution in [3.8, 4) is 17.6 Å². The van der Waals surface area contributed by atoms with E-state index < -0.39 is 17.5 Å². The Morgan fingerprint density at radius 1 is 1.06 bits per heavy atom. The molecule has 0 amide bonds. The first kappa shape index (κ1) is 21.1. The molecule has 0 aliphatic rings. The summed E-state index contributed by atoms with van der Waals surface area (Å²) in [6, 6.07) is 16.3. The molecule has 0 radical (unpaired) electrons. The Hall–Kier alpha value is -3.15. The molecule has 4 aromatic rings. The molecule has 1 heterocycles. The molecule has 3 aromatic carbocycles. The molecular weight excluding hydrogens is 465 g/mol. The Kier molecular flexibility index (Phi) is 5.56. The fourth-order valence-electron chi connectivity index (χ4n) is 2.81. The first-order valence-electron chi connectivity index (χ1n) is 8.57. The minimum atomic E-state index is -4.82. The van der Waals surface area contributed by atoms with Crippen LogP contribution in [0.3, 0.4) is 0 Å². The van der Waals surface area contributed by atoms with Crippen LogP contribution in [0, 0.1) is 11.3 Å². The molecule has 2 unspecified atom stereocenters. The summed E-state index contributed by atoms with van der Waals surface area (Å²) in [5, 5.41) is 10.4. The van der Waals surface area contributed by atoms with Crippen LogP contribution < -0.4 is 14.1 Å². The molecule has 1 aromatic heterocycles. The van der Waals surface area contributed by atoms with E-state index in [9.17, 15) is 23.7 Å². The third-order valence-corrected chi connectivity index (χ3v) is 7.17. The molecule has 0 aliphatic carbocycles. The molecule has 0 saturated carbocycles. The quantitative estimate of drug-likeness (QED) is 0.325. The van der Waals surface area contributed by atoms with Gasteiger partial charge < -0.3 is 18.0 Å². The van der Waals surface area contributed by atoms with Crippen molar-refractivity contribution in [1.82, 2.24) is 0 Å². The molecule has 1 N–H and O–H groups in total. The number of hydrogen-bond donors (Lipinski definition) is 1. The van der Waals surface area contributed by atoms with E-state index in [4.69, 9.17) is 24.7 Å². The minimum Gasteiger partial charge on any atom is -0.454 e. The van der Waals surface area contributed by atoms with Crippen molar-refractivity contribution in [2.75, 3.05) is 0 Å². The smallest absolute Gasteiger partial charge is 0.454 e. The fraction of sp³-hybridized carbons (Fsp3) is 0. The zero-order valence-corrected chi connectivity index (χ0v) is 17.8. The Morgan fingerprint density at radius 3 is 2.48 bits per heavy atom. The highest BCUT2D eigenvalue weighted by atomic mass is 35.5. The first-order chi connectivity index (χ1) is 14.8. The lowest BCUT2D eigenvalue weighted by Gasteiger charge is -2.13. The SMILES string of the molecule is N#Cc1c(OS(=O)P(=O)(O)Oc2ccc(Cl)cc2)ccc2c(=O)c3ccccc3oc12. The van der Waals surface area contributed by atoms with Gasteiger partial charge in [0.15, 0.2) is 11.3 Å². The molecular formula is C20H11ClNO7PS. The van der Waals surface area contributed by atoms with Crippen molar-refractivity contribution in [1.29, 1.82) is 5.26 Å². The highest BCUT2D eigenvalue weighted by molar-refractivity contribution is 8.43. The number of halogens is 1. The maximum absolute atomic E-state index is 12.7. The lowest BCUT2D eigenvalue weighted by molar-refractivity contribution is 0.394. The van der Waals surface area contributed by atoms with Gasteiger partial charge in [-0.15, -0.1) is 0 Å². The van der Waals surface area contributed by atoms with Gasteiger partial charge in [-0.3, -0.25) is 4.79 Å². The van der Waals surface area contributed by atoms with E-state index >= 15 is 0 Å². The molecule has 0 aliphatic heterocycles. The van der Waals surface area contributed by atoms with Gasteiger partial charge in [0.2, 0.25) is 5.43 Å². The van der Waals surface area contributed by atoms with Crippen LogP contribution in [0.2, 0.25) is 5.02 Å². The summed E-state index contributed by atoms with van der Waals surface area (Å²) in [5.41, 5.74) is -0.458. The summed E-state index contributed by atoms with van der Waals surface area (Å²) in [4.78, 5) is 22.7. The zero-order chi connectivity index (χ0) is 22.2. The van der Waals surface area contributed by atoms with Crippen LogP contribution in [-0.4, -0.2) is 9.10 Å². The molecule has 0 spiro atoms. The minimum absolute atomic E-state index is 0.0522. The van der Waals surface area contributed by atoms with Crippen LogP contribution in [0.15, 0.2) is 69.9 Å². The van der Waals surface area contributed by atoms with E-state index in [0.717, 1.165) is 0 Å². The summed E-state index contributed by atoms with van der Waals surface area (Å²) >= 11 is 5.75. The summed E-state index contributed by atoms with van der Waals surface area (Å²) in [7, 11) is -2.89. The highest BCUT2D eigenvalue weighted by Gasteiger charge is 2.34. The summed E-state index contributed by atoms with van der Waals surface area (Å²) < 4.78 is 40.5. The average molecular weight is 476 g/mol. The Morgan fingerprint density at radius 2 is 1.77 bits per heavy atom. The molecule has 0 bridgehead atoms. The standard InChI is InChI=1S/C20H11ClNO7PS/c21-12-5-7-13(8-6-12)28-30(24,25)31(26)29-18-10-9-15-19(23)14-3-1-2-4-17(14)27-20(15)16(18)11-22/h1-10H,(H,24,25). The number of fused-ring (bicyclic) bond motifs is 2. The van der Waals surface area contributed by atoms with E-state index in [1.54, 1.807) is 24.3 Å².